The highest BCUT2D eigenvalue weighted by molar-refractivity contribution is 5.85. The van der Waals surface area contributed by atoms with Gasteiger partial charge in [-0.05, 0) is 31.8 Å². The first-order chi connectivity index (χ1) is 7.59. The van der Waals surface area contributed by atoms with Crippen LogP contribution < -0.4 is 10.6 Å². The van der Waals surface area contributed by atoms with Gasteiger partial charge in [-0.25, -0.2) is 0 Å². The van der Waals surface area contributed by atoms with Crippen molar-refractivity contribution in [2.75, 3.05) is 39.3 Å². The summed E-state index contributed by atoms with van der Waals surface area (Å²) >= 11 is 0. The molecule has 1 heterocycles. The zero-order valence-electron chi connectivity index (χ0n) is 11.2. The lowest BCUT2D eigenvalue weighted by Gasteiger charge is -2.30. The number of rotatable bonds is 6. The number of nitrogens with zero attached hydrogens (tertiary/aromatic N) is 1. The van der Waals surface area contributed by atoms with Crippen LogP contribution in [0.15, 0.2) is 0 Å². The van der Waals surface area contributed by atoms with Gasteiger partial charge in [0.1, 0.15) is 0 Å². The van der Waals surface area contributed by atoms with E-state index in [1.807, 2.05) is 6.92 Å². The maximum atomic E-state index is 11.5. The summed E-state index contributed by atoms with van der Waals surface area (Å²) in [5, 5.41) is 6.25. The average Bonchev–Trinajstić information content (AvgIpc) is 2.64. The highest BCUT2D eigenvalue weighted by Gasteiger charge is 2.30. The first-order valence-electron chi connectivity index (χ1n) is 6.29. The fourth-order valence-electron chi connectivity index (χ4n) is 2.28. The second-order valence-electron chi connectivity index (χ2n) is 4.99. The Morgan fingerprint density at radius 1 is 1.47 bits per heavy atom. The minimum atomic E-state index is 0. The highest BCUT2D eigenvalue weighted by atomic mass is 35.5. The largest absolute Gasteiger partial charge is 0.355 e. The van der Waals surface area contributed by atoms with Gasteiger partial charge in [-0.2, -0.15) is 0 Å². The van der Waals surface area contributed by atoms with Crippen molar-refractivity contribution in [1.82, 2.24) is 15.5 Å². The molecule has 0 aromatic rings. The van der Waals surface area contributed by atoms with Gasteiger partial charge in [0.2, 0.25) is 5.91 Å². The Morgan fingerprint density at radius 2 is 2.18 bits per heavy atom. The van der Waals surface area contributed by atoms with Gasteiger partial charge in [0.15, 0.2) is 0 Å². The minimum absolute atomic E-state index is 0. The molecule has 0 bridgehead atoms. The Kier molecular flexibility index (Phi) is 7.75. The van der Waals surface area contributed by atoms with E-state index >= 15 is 0 Å². The van der Waals surface area contributed by atoms with Crippen molar-refractivity contribution < 1.29 is 4.79 Å². The van der Waals surface area contributed by atoms with E-state index in [1.54, 1.807) is 0 Å². The summed E-state index contributed by atoms with van der Waals surface area (Å²) in [6.07, 6.45) is 1.21. The number of likely N-dealkylation sites (N-methyl/N-ethyl adjacent to an activating group) is 2. The molecule has 1 unspecified atom stereocenters. The normalized spacial score (nSPS) is 23.5. The summed E-state index contributed by atoms with van der Waals surface area (Å²) in [5.74, 6) is 0.138. The maximum Gasteiger partial charge on any atom is 0.234 e. The number of halogens is 1. The summed E-state index contributed by atoms with van der Waals surface area (Å²) in [7, 11) is 0. The van der Waals surface area contributed by atoms with Crippen LogP contribution in [0.2, 0.25) is 0 Å². The van der Waals surface area contributed by atoms with Crippen molar-refractivity contribution in [3.05, 3.63) is 0 Å². The van der Waals surface area contributed by atoms with Crippen molar-refractivity contribution in [3.63, 3.8) is 0 Å². The van der Waals surface area contributed by atoms with Gasteiger partial charge in [-0.3, -0.25) is 9.69 Å². The lowest BCUT2D eigenvalue weighted by atomic mass is 9.89. The first kappa shape index (κ1) is 16.7. The molecule has 1 amide bonds. The van der Waals surface area contributed by atoms with Gasteiger partial charge >= 0.3 is 0 Å². The van der Waals surface area contributed by atoms with Gasteiger partial charge < -0.3 is 10.6 Å². The first-order valence-corrected chi connectivity index (χ1v) is 6.29. The van der Waals surface area contributed by atoms with E-state index in [4.69, 9.17) is 0 Å². The van der Waals surface area contributed by atoms with Gasteiger partial charge in [0, 0.05) is 19.6 Å². The Labute approximate surface area is 111 Å². The average molecular weight is 264 g/mol. The third-order valence-corrected chi connectivity index (χ3v) is 3.25. The Hall–Kier alpha value is -0.320. The second-order valence-corrected chi connectivity index (χ2v) is 4.99. The predicted molar refractivity (Wildman–Crippen MR) is 73.6 cm³/mol. The molecule has 0 radical (unpaired) electrons. The van der Waals surface area contributed by atoms with Crippen LogP contribution >= 0.6 is 12.4 Å². The molecule has 17 heavy (non-hydrogen) atoms. The molecule has 2 N–H and O–H groups in total. The molecule has 1 saturated heterocycles. The fourth-order valence-corrected chi connectivity index (χ4v) is 2.28. The molecule has 1 fully saturated rings. The molecule has 0 aromatic heterocycles. The second kappa shape index (κ2) is 7.90. The summed E-state index contributed by atoms with van der Waals surface area (Å²) in [5.41, 5.74) is 0.336. The van der Waals surface area contributed by atoms with Crippen LogP contribution in [0.3, 0.4) is 0 Å². The van der Waals surface area contributed by atoms with Crippen LogP contribution in [0, 0.1) is 5.41 Å². The van der Waals surface area contributed by atoms with Gasteiger partial charge in [0.05, 0.1) is 6.54 Å². The summed E-state index contributed by atoms with van der Waals surface area (Å²) < 4.78 is 0. The van der Waals surface area contributed by atoms with Crippen molar-refractivity contribution >= 4 is 18.3 Å². The number of hydrogen-bond acceptors (Lipinski definition) is 3. The van der Waals surface area contributed by atoms with Crippen LogP contribution in [0.25, 0.3) is 0 Å². The molecule has 0 aliphatic carbocycles. The summed E-state index contributed by atoms with van der Waals surface area (Å²) in [6, 6.07) is 0. The Morgan fingerprint density at radius 3 is 2.65 bits per heavy atom. The van der Waals surface area contributed by atoms with E-state index < -0.39 is 0 Å². The summed E-state index contributed by atoms with van der Waals surface area (Å²) in [4.78, 5) is 13.8. The molecular formula is C12H26ClN3O. The fraction of sp³-hybridized carbons (Fsp3) is 0.917. The molecule has 4 nitrogen and oxygen atoms in total. The zero-order chi connectivity index (χ0) is 12.0. The SMILES string of the molecule is CCNC(=O)CN(CC)CC1(C)CCNC1.Cl. The monoisotopic (exact) mass is 263 g/mol. The molecule has 0 spiro atoms. The molecule has 1 rings (SSSR count). The molecule has 1 aliphatic heterocycles. The molecular weight excluding hydrogens is 238 g/mol. The number of nitrogens with one attached hydrogen (secondary N) is 2. The predicted octanol–water partition coefficient (Wildman–Crippen LogP) is 0.866. The molecule has 5 heteroatoms. The Balaban J connectivity index is 0.00000256. The van der Waals surface area contributed by atoms with E-state index in [2.05, 4.69) is 29.4 Å². The quantitative estimate of drug-likeness (QED) is 0.747. The van der Waals surface area contributed by atoms with Crippen molar-refractivity contribution in [1.29, 1.82) is 0 Å². The van der Waals surface area contributed by atoms with E-state index in [0.29, 0.717) is 12.0 Å². The van der Waals surface area contributed by atoms with Gasteiger partial charge in [-0.15, -0.1) is 12.4 Å². The van der Waals surface area contributed by atoms with Crippen molar-refractivity contribution in [3.8, 4) is 0 Å². The number of carbonyl (C=O) groups excluding carboxylic acids is 1. The van der Waals surface area contributed by atoms with Crippen LogP contribution in [0.4, 0.5) is 0 Å². The number of amides is 1. The molecule has 1 atom stereocenters. The lowest BCUT2D eigenvalue weighted by molar-refractivity contribution is -0.122. The number of carbonyl (C=O) groups is 1. The summed E-state index contributed by atoms with van der Waals surface area (Å²) in [6.45, 7) is 11.7. The van der Waals surface area contributed by atoms with Crippen LogP contribution in [0.1, 0.15) is 27.2 Å². The van der Waals surface area contributed by atoms with Crippen LogP contribution in [-0.2, 0) is 4.79 Å². The van der Waals surface area contributed by atoms with E-state index in [-0.39, 0.29) is 18.3 Å². The molecule has 102 valence electrons. The Bertz CT molecular complexity index is 230. The highest BCUT2D eigenvalue weighted by Crippen LogP contribution is 2.25. The topological polar surface area (TPSA) is 44.4 Å². The third kappa shape index (κ3) is 5.70. The van der Waals surface area contributed by atoms with Crippen LogP contribution in [0.5, 0.6) is 0 Å². The van der Waals surface area contributed by atoms with Crippen molar-refractivity contribution in [2.24, 2.45) is 5.41 Å². The van der Waals surface area contributed by atoms with Gasteiger partial charge in [0.25, 0.3) is 0 Å². The lowest BCUT2D eigenvalue weighted by Crippen LogP contribution is -2.43. The van der Waals surface area contributed by atoms with Crippen LogP contribution in [-0.4, -0.2) is 50.1 Å². The van der Waals surface area contributed by atoms with E-state index in [9.17, 15) is 4.79 Å². The molecule has 1 aliphatic rings. The maximum absolute atomic E-state index is 11.5. The van der Waals surface area contributed by atoms with Gasteiger partial charge in [-0.1, -0.05) is 13.8 Å². The number of hydrogen-bond donors (Lipinski definition) is 2. The standard InChI is InChI=1S/C12H25N3O.ClH/c1-4-14-11(16)8-15(5-2)10-12(3)6-7-13-9-12;/h13H,4-10H2,1-3H3,(H,14,16);1H. The van der Waals surface area contributed by atoms with E-state index in [0.717, 1.165) is 32.7 Å². The molecule has 0 aromatic carbocycles. The minimum Gasteiger partial charge on any atom is -0.355 e. The third-order valence-electron chi connectivity index (χ3n) is 3.25. The van der Waals surface area contributed by atoms with Crippen molar-refractivity contribution in [2.45, 2.75) is 27.2 Å². The smallest absolute Gasteiger partial charge is 0.234 e. The van der Waals surface area contributed by atoms with E-state index in [1.165, 1.54) is 6.42 Å². The zero-order valence-corrected chi connectivity index (χ0v) is 12.0. The molecule has 0 saturated carbocycles.